The number of ether oxygens (including phenoxy) is 1. The van der Waals surface area contributed by atoms with Crippen LogP contribution in [0.25, 0.3) is 0 Å². The maximum absolute atomic E-state index is 5.86. The van der Waals surface area contributed by atoms with Gasteiger partial charge in [0.2, 0.25) is 11.7 Å². The Kier molecular flexibility index (Phi) is 3.69. The van der Waals surface area contributed by atoms with Crippen LogP contribution >= 0.6 is 0 Å². The molecule has 0 radical (unpaired) electrons. The standard InChI is InChI=1S/C15H19N3O2/c1-2-5-11(9-16)15-17-14(18-20-15)13-8-10-6-3-4-7-12(10)19-13/h3-4,6-7,11,13H,2,5,8-9,16H2,1H3. The van der Waals surface area contributed by atoms with E-state index in [1.54, 1.807) is 0 Å². The van der Waals surface area contributed by atoms with Crippen molar-refractivity contribution in [2.75, 3.05) is 6.54 Å². The molecular weight excluding hydrogens is 254 g/mol. The van der Waals surface area contributed by atoms with E-state index >= 15 is 0 Å². The van der Waals surface area contributed by atoms with Crippen LogP contribution in [0.2, 0.25) is 0 Å². The molecule has 106 valence electrons. The zero-order chi connectivity index (χ0) is 13.9. The highest BCUT2D eigenvalue weighted by atomic mass is 16.5. The van der Waals surface area contributed by atoms with Crippen LogP contribution in [0.4, 0.5) is 0 Å². The average Bonchev–Trinajstić information content (AvgIpc) is 3.10. The van der Waals surface area contributed by atoms with Crippen LogP contribution in [0.1, 0.15) is 49.1 Å². The van der Waals surface area contributed by atoms with Crippen LogP contribution in [0, 0.1) is 0 Å². The number of aromatic nitrogens is 2. The number of nitrogens with zero attached hydrogens (tertiary/aromatic N) is 2. The number of para-hydroxylation sites is 1. The topological polar surface area (TPSA) is 74.2 Å². The Morgan fingerprint density at radius 3 is 3.00 bits per heavy atom. The van der Waals surface area contributed by atoms with Gasteiger partial charge in [-0.05, 0) is 18.1 Å². The summed E-state index contributed by atoms with van der Waals surface area (Å²) in [6.07, 6.45) is 2.65. The summed E-state index contributed by atoms with van der Waals surface area (Å²) in [5, 5.41) is 4.07. The molecule has 0 spiro atoms. The lowest BCUT2D eigenvalue weighted by atomic mass is 10.0. The first-order valence-electron chi connectivity index (χ1n) is 7.10. The summed E-state index contributed by atoms with van der Waals surface area (Å²) < 4.78 is 11.2. The van der Waals surface area contributed by atoms with Crippen molar-refractivity contribution in [3.63, 3.8) is 0 Å². The average molecular weight is 273 g/mol. The molecule has 2 heterocycles. The zero-order valence-corrected chi connectivity index (χ0v) is 11.6. The van der Waals surface area contributed by atoms with Crippen molar-refractivity contribution in [1.29, 1.82) is 0 Å². The van der Waals surface area contributed by atoms with Crippen LogP contribution < -0.4 is 10.5 Å². The summed E-state index contributed by atoms with van der Waals surface area (Å²) in [5.41, 5.74) is 6.95. The molecule has 3 rings (SSSR count). The number of hydrogen-bond donors (Lipinski definition) is 1. The molecule has 2 N–H and O–H groups in total. The predicted octanol–water partition coefficient (Wildman–Crippen LogP) is 2.59. The third kappa shape index (κ3) is 2.41. The molecule has 0 fully saturated rings. The Bertz CT molecular complexity index is 557. The molecule has 2 aromatic rings. The van der Waals surface area contributed by atoms with Gasteiger partial charge in [-0.1, -0.05) is 36.7 Å². The van der Waals surface area contributed by atoms with Gasteiger partial charge in [0, 0.05) is 13.0 Å². The molecular formula is C15H19N3O2. The predicted molar refractivity (Wildman–Crippen MR) is 74.5 cm³/mol. The van der Waals surface area contributed by atoms with Crippen molar-refractivity contribution in [2.24, 2.45) is 5.73 Å². The Morgan fingerprint density at radius 2 is 2.25 bits per heavy atom. The smallest absolute Gasteiger partial charge is 0.231 e. The third-order valence-electron chi connectivity index (χ3n) is 3.66. The molecule has 5 heteroatoms. The van der Waals surface area contributed by atoms with Crippen molar-refractivity contribution in [3.05, 3.63) is 41.5 Å². The molecule has 1 aromatic carbocycles. The van der Waals surface area contributed by atoms with E-state index in [1.807, 2.05) is 18.2 Å². The van der Waals surface area contributed by atoms with Crippen LogP contribution in [0.15, 0.2) is 28.8 Å². The molecule has 0 amide bonds. The van der Waals surface area contributed by atoms with Crippen molar-refractivity contribution >= 4 is 0 Å². The third-order valence-corrected chi connectivity index (χ3v) is 3.66. The largest absolute Gasteiger partial charge is 0.482 e. The van der Waals surface area contributed by atoms with Gasteiger partial charge in [0.25, 0.3) is 0 Å². The first-order chi connectivity index (χ1) is 9.81. The SMILES string of the molecule is CCCC(CN)c1nc(C2Cc3ccccc3O2)no1. The maximum atomic E-state index is 5.86. The van der Waals surface area contributed by atoms with E-state index in [1.165, 1.54) is 5.56 Å². The molecule has 1 aliphatic heterocycles. The molecule has 1 aliphatic rings. The van der Waals surface area contributed by atoms with E-state index in [4.69, 9.17) is 15.0 Å². The van der Waals surface area contributed by atoms with Gasteiger partial charge in [-0.2, -0.15) is 4.98 Å². The summed E-state index contributed by atoms with van der Waals surface area (Å²) in [6.45, 7) is 2.65. The van der Waals surface area contributed by atoms with Gasteiger partial charge in [0.1, 0.15) is 5.75 Å². The molecule has 2 unspecified atom stereocenters. The second-order valence-corrected chi connectivity index (χ2v) is 5.13. The maximum Gasteiger partial charge on any atom is 0.231 e. The Morgan fingerprint density at radius 1 is 1.40 bits per heavy atom. The summed E-state index contributed by atoms with van der Waals surface area (Å²) >= 11 is 0. The zero-order valence-electron chi connectivity index (χ0n) is 11.6. The lowest BCUT2D eigenvalue weighted by Gasteiger charge is -2.07. The monoisotopic (exact) mass is 273 g/mol. The van der Waals surface area contributed by atoms with E-state index in [0.29, 0.717) is 18.3 Å². The number of rotatable bonds is 5. The molecule has 1 aromatic heterocycles. The Balaban J connectivity index is 1.75. The summed E-state index contributed by atoms with van der Waals surface area (Å²) in [7, 11) is 0. The molecule has 0 saturated carbocycles. The number of benzene rings is 1. The summed E-state index contributed by atoms with van der Waals surface area (Å²) in [6, 6.07) is 8.01. The molecule has 0 saturated heterocycles. The normalized spacial score (nSPS) is 18.6. The van der Waals surface area contributed by atoms with Crippen molar-refractivity contribution in [3.8, 4) is 5.75 Å². The van der Waals surface area contributed by atoms with Gasteiger partial charge in [-0.15, -0.1) is 0 Å². The van der Waals surface area contributed by atoms with E-state index in [2.05, 4.69) is 23.1 Å². The fraction of sp³-hybridized carbons (Fsp3) is 0.467. The minimum absolute atomic E-state index is 0.144. The molecule has 0 bridgehead atoms. The summed E-state index contributed by atoms with van der Waals surface area (Å²) in [4.78, 5) is 4.48. The molecule has 20 heavy (non-hydrogen) atoms. The van der Waals surface area contributed by atoms with Crippen molar-refractivity contribution < 1.29 is 9.26 Å². The Labute approximate surface area is 118 Å². The van der Waals surface area contributed by atoms with Gasteiger partial charge < -0.3 is 15.0 Å². The highest BCUT2D eigenvalue weighted by Crippen LogP contribution is 2.35. The van der Waals surface area contributed by atoms with Crippen LogP contribution in [0.5, 0.6) is 5.75 Å². The fourth-order valence-electron chi connectivity index (χ4n) is 2.56. The first kappa shape index (κ1) is 13.1. The van der Waals surface area contributed by atoms with Gasteiger partial charge in [0.15, 0.2) is 6.10 Å². The number of nitrogens with two attached hydrogens (primary N) is 1. The summed E-state index contributed by atoms with van der Waals surface area (Å²) in [5.74, 6) is 2.30. The van der Waals surface area contributed by atoms with E-state index < -0.39 is 0 Å². The van der Waals surface area contributed by atoms with Gasteiger partial charge >= 0.3 is 0 Å². The van der Waals surface area contributed by atoms with Crippen LogP contribution in [0.3, 0.4) is 0 Å². The highest BCUT2D eigenvalue weighted by molar-refractivity contribution is 5.37. The number of hydrogen-bond acceptors (Lipinski definition) is 5. The van der Waals surface area contributed by atoms with E-state index in [9.17, 15) is 0 Å². The molecule has 0 aliphatic carbocycles. The van der Waals surface area contributed by atoms with E-state index in [0.717, 1.165) is 25.0 Å². The second-order valence-electron chi connectivity index (χ2n) is 5.13. The molecule has 5 nitrogen and oxygen atoms in total. The van der Waals surface area contributed by atoms with Gasteiger partial charge in [0.05, 0.1) is 5.92 Å². The van der Waals surface area contributed by atoms with E-state index in [-0.39, 0.29) is 12.0 Å². The van der Waals surface area contributed by atoms with Gasteiger partial charge in [-0.25, -0.2) is 0 Å². The Hall–Kier alpha value is -1.88. The lowest BCUT2D eigenvalue weighted by Crippen LogP contribution is -2.13. The van der Waals surface area contributed by atoms with Crippen molar-refractivity contribution in [2.45, 2.75) is 38.2 Å². The minimum Gasteiger partial charge on any atom is -0.482 e. The highest BCUT2D eigenvalue weighted by Gasteiger charge is 2.29. The van der Waals surface area contributed by atoms with Crippen LogP contribution in [-0.2, 0) is 6.42 Å². The quantitative estimate of drug-likeness (QED) is 0.906. The second kappa shape index (κ2) is 5.63. The van der Waals surface area contributed by atoms with Crippen molar-refractivity contribution in [1.82, 2.24) is 10.1 Å². The van der Waals surface area contributed by atoms with Crippen LogP contribution in [-0.4, -0.2) is 16.7 Å². The first-order valence-corrected chi connectivity index (χ1v) is 7.10. The minimum atomic E-state index is -0.148. The number of fused-ring (bicyclic) bond motifs is 1. The van der Waals surface area contributed by atoms with Gasteiger partial charge in [-0.3, -0.25) is 0 Å². The molecule has 2 atom stereocenters. The lowest BCUT2D eigenvalue weighted by molar-refractivity contribution is 0.220. The fourth-order valence-corrected chi connectivity index (χ4v) is 2.56.